The van der Waals surface area contributed by atoms with E-state index < -0.39 is 11.5 Å². The number of rotatable bonds is 6. The van der Waals surface area contributed by atoms with E-state index in [0.717, 1.165) is 0 Å². The van der Waals surface area contributed by atoms with Crippen molar-refractivity contribution in [1.29, 1.82) is 0 Å². The maximum Gasteiger partial charge on any atom is 0.305 e. The first-order valence-corrected chi connectivity index (χ1v) is 7.63. The molecule has 6 heteroatoms. The Morgan fingerprint density at radius 1 is 1.19 bits per heavy atom. The Morgan fingerprint density at radius 3 is 2.10 bits per heavy atom. The highest BCUT2D eigenvalue weighted by molar-refractivity contribution is 5.81. The lowest BCUT2D eigenvalue weighted by atomic mass is 9.87. The summed E-state index contributed by atoms with van der Waals surface area (Å²) in [6, 6.07) is 0. The van der Waals surface area contributed by atoms with Gasteiger partial charge in [0.05, 0.1) is 6.42 Å². The van der Waals surface area contributed by atoms with Crippen LogP contribution in [0.15, 0.2) is 0 Å². The SMILES string of the molecule is CCC(CC)(CC(=O)O)NC(=O)C1CCN(C(C)=O)CC1. The fraction of sp³-hybridized carbons (Fsp3) is 0.800. The first-order valence-electron chi connectivity index (χ1n) is 7.63. The zero-order valence-corrected chi connectivity index (χ0v) is 13.1. The van der Waals surface area contributed by atoms with Crippen LogP contribution >= 0.6 is 0 Å². The molecule has 1 fully saturated rings. The second-order valence-electron chi connectivity index (χ2n) is 5.83. The lowest BCUT2D eigenvalue weighted by Gasteiger charge is -2.36. The highest BCUT2D eigenvalue weighted by atomic mass is 16.4. The van der Waals surface area contributed by atoms with Crippen molar-refractivity contribution >= 4 is 17.8 Å². The summed E-state index contributed by atoms with van der Waals surface area (Å²) >= 11 is 0. The van der Waals surface area contributed by atoms with Gasteiger partial charge in [0.2, 0.25) is 11.8 Å². The van der Waals surface area contributed by atoms with Gasteiger partial charge in [-0.1, -0.05) is 13.8 Å². The van der Waals surface area contributed by atoms with E-state index in [1.807, 2.05) is 13.8 Å². The largest absolute Gasteiger partial charge is 0.481 e. The lowest BCUT2D eigenvalue weighted by Crippen LogP contribution is -2.52. The average Bonchev–Trinajstić information content (AvgIpc) is 2.46. The molecular formula is C15H26N2O4. The summed E-state index contributed by atoms with van der Waals surface area (Å²) in [6.45, 7) is 6.51. The number of piperidine rings is 1. The maximum absolute atomic E-state index is 12.4. The second-order valence-corrected chi connectivity index (χ2v) is 5.83. The van der Waals surface area contributed by atoms with E-state index in [1.54, 1.807) is 4.90 Å². The monoisotopic (exact) mass is 298 g/mol. The minimum absolute atomic E-state index is 0.0381. The fourth-order valence-electron chi connectivity index (χ4n) is 2.83. The van der Waals surface area contributed by atoms with Crippen LogP contribution in [0.3, 0.4) is 0 Å². The van der Waals surface area contributed by atoms with Gasteiger partial charge < -0.3 is 15.3 Å². The normalized spacial score (nSPS) is 16.6. The number of carbonyl (C=O) groups is 3. The van der Waals surface area contributed by atoms with Crippen molar-refractivity contribution in [3.8, 4) is 0 Å². The van der Waals surface area contributed by atoms with Crippen LogP contribution in [0.4, 0.5) is 0 Å². The summed E-state index contributed by atoms with van der Waals surface area (Å²) in [4.78, 5) is 36.4. The van der Waals surface area contributed by atoms with Crippen LogP contribution < -0.4 is 5.32 Å². The van der Waals surface area contributed by atoms with Crippen molar-refractivity contribution < 1.29 is 19.5 Å². The van der Waals surface area contributed by atoms with Crippen molar-refractivity contribution in [2.45, 2.75) is 58.4 Å². The van der Waals surface area contributed by atoms with Crippen molar-refractivity contribution in [1.82, 2.24) is 10.2 Å². The van der Waals surface area contributed by atoms with E-state index in [2.05, 4.69) is 5.32 Å². The Morgan fingerprint density at radius 2 is 1.71 bits per heavy atom. The molecule has 1 aliphatic heterocycles. The summed E-state index contributed by atoms with van der Waals surface area (Å²) in [5.74, 6) is -1.07. The van der Waals surface area contributed by atoms with E-state index in [1.165, 1.54) is 6.92 Å². The smallest absolute Gasteiger partial charge is 0.305 e. The zero-order valence-electron chi connectivity index (χ0n) is 13.1. The van der Waals surface area contributed by atoms with Gasteiger partial charge in [0, 0.05) is 31.5 Å². The Balaban J connectivity index is 2.62. The van der Waals surface area contributed by atoms with E-state index in [0.29, 0.717) is 38.8 Å². The summed E-state index contributed by atoms with van der Waals surface area (Å²) in [7, 11) is 0. The molecule has 0 saturated carbocycles. The molecule has 0 spiro atoms. The number of aliphatic carboxylic acids is 1. The standard InChI is InChI=1S/C15H26N2O4/c1-4-15(5-2,10-13(19)20)16-14(21)12-6-8-17(9-7-12)11(3)18/h12H,4-10H2,1-3H3,(H,16,21)(H,19,20). The second kappa shape index (κ2) is 7.43. The van der Waals surface area contributed by atoms with Gasteiger partial charge in [0.25, 0.3) is 0 Å². The third-order valence-electron chi connectivity index (χ3n) is 4.54. The number of amides is 2. The molecule has 2 N–H and O–H groups in total. The van der Waals surface area contributed by atoms with Gasteiger partial charge in [-0.3, -0.25) is 14.4 Å². The Labute approximate surface area is 125 Å². The van der Waals surface area contributed by atoms with Gasteiger partial charge in [0.15, 0.2) is 0 Å². The molecule has 6 nitrogen and oxygen atoms in total. The Hall–Kier alpha value is -1.59. The lowest BCUT2D eigenvalue weighted by molar-refractivity contribution is -0.140. The fourth-order valence-corrected chi connectivity index (χ4v) is 2.83. The number of carboxylic acids is 1. The van der Waals surface area contributed by atoms with E-state index in [-0.39, 0.29) is 24.2 Å². The third-order valence-corrected chi connectivity index (χ3v) is 4.54. The molecule has 0 aliphatic carbocycles. The maximum atomic E-state index is 12.4. The van der Waals surface area contributed by atoms with E-state index in [9.17, 15) is 14.4 Å². The van der Waals surface area contributed by atoms with Gasteiger partial charge in [-0.2, -0.15) is 0 Å². The van der Waals surface area contributed by atoms with Crippen LogP contribution in [0, 0.1) is 5.92 Å². The highest BCUT2D eigenvalue weighted by Crippen LogP contribution is 2.23. The number of nitrogens with one attached hydrogen (secondary N) is 1. The van der Waals surface area contributed by atoms with Gasteiger partial charge in [-0.25, -0.2) is 0 Å². The van der Waals surface area contributed by atoms with Gasteiger partial charge in [0.1, 0.15) is 0 Å². The average molecular weight is 298 g/mol. The van der Waals surface area contributed by atoms with E-state index >= 15 is 0 Å². The molecule has 0 aromatic rings. The highest BCUT2D eigenvalue weighted by Gasteiger charge is 2.34. The Kier molecular flexibility index (Phi) is 6.18. The number of likely N-dealkylation sites (tertiary alicyclic amines) is 1. The van der Waals surface area contributed by atoms with Gasteiger partial charge in [-0.05, 0) is 25.7 Å². The van der Waals surface area contributed by atoms with Crippen molar-refractivity contribution in [3.05, 3.63) is 0 Å². The predicted octanol–water partition coefficient (Wildman–Crippen LogP) is 1.39. The molecule has 0 bridgehead atoms. The van der Waals surface area contributed by atoms with Crippen LogP contribution in [0.2, 0.25) is 0 Å². The van der Waals surface area contributed by atoms with Crippen molar-refractivity contribution in [2.75, 3.05) is 13.1 Å². The van der Waals surface area contributed by atoms with Crippen LogP contribution in [0.1, 0.15) is 52.9 Å². The topological polar surface area (TPSA) is 86.7 Å². The molecule has 0 radical (unpaired) electrons. The summed E-state index contributed by atoms with van der Waals surface area (Å²) in [6.07, 6.45) is 2.41. The summed E-state index contributed by atoms with van der Waals surface area (Å²) in [5, 5.41) is 12.0. The van der Waals surface area contributed by atoms with Crippen molar-refractivity contribution in [2.24, 2.45) is 5.92 Å². The first kappa shape index (κ1) is 17.5. The molecule has 0 aromatic heterocycles. The minimum Gasteiger partial charge on any atom is -0.481 e. The molecule has 2 amide bonds. The number of hydrogen-bond donors (Lipinski definition) is 2. The number of nitrogens with zero attached hydrogens (tertiary/aromatic N) is 1. The molecule has 21 heavy (non-hydrogen) atoms. The quantitative estimate of drug-likeness (QED) is 0.776. The molecule has 1 rings (SSSR count). The number of hydrogen-bond acceptors (Lipinski definition) is 3. The first-order chi connectivity index (χ1) is 9.83. The van der Waals surface area contributed by atoms with E-state index in [4.69, 9.17) is 5.11 Å². The predicted molar refractivity (Wildman–Crippen MR) is 78.7 cm³/mol. The molecule has 1 aliphatic rings. The molecule has 1 saturated heterocycles. The molecule has 1 heterocycles. The molecular weight excluding hydrogens is 272 g/mol. The Bertz CT molecular complexity index is 396. The molecule has 0 atom stereocenters. The summed E-state index contributed by atoms with van der Waals surface area (Å²) in [5.41, 5.74) is -0.666. The summed E-state index contributed by atoms with van der Waals surface area (Å²) < 4.78 is 0. The van der Waals surface area contributed by atoms with Crippen LogP contribution in [0.5, 0.6) is 0 Å². The van der Waals surface area contributed by atoms with Crippen molar-refractivity contribution in [3.63, 3.8) is 0 Å². The minimum atomic E-state index is -0.898. The third kappa shape index (κ3) is 4.72. The van der Waals surface area contributed by atoms with Gasteiger partial charge in [-0.15, -0.1) is 0 Å². The molecule has 0 aromatic carbocycles. The molecule has 0 unspecified atom stereocenters. The van der Waals surface area contributed by atoms with Crippen LogP contribution in [-0.4, -0.2) is 46.4 Å². The number of carboxylic acid groups (broad SMARTS) is 1. The van der Waals surface area contributed by atoms with Crippen LogP contribution in [0.25, 0.3) is 0 Å². The molecule has 120 valence electrons. The van der Waals surface area contributed by atoms with Crippen LogP contribution in [-0.2, 0) is 14.4 Å². The zero-order chi connectivity index (χ0) is 16.0. The number of carbonyl (C=O) groups excluding carboxylic acids is 2. The van der Waals surface area contributed by atoms with Gasteiger partial charge >= 0.3 is 5.97 Å².